The smallest absolute Gasteiger partial charge is 0.410 e. The van der Waals surface area contributed by atoms with Crippen LogP contribution in [-0.4, -0.2) is 103 Å². The summed E-state index contributed by atoms with van der Waals surface area (Å²) in [6.45, 7) is 7.04. The maximum atomic E-state index is 13.5. The number of nitrogens with zero attached hydrogens (tertiary/aromatic N) is 2. The Morgan fingerprint density at radius 3 is 2.24 bits per heavy atom. The first-order valence-corrected chi connectivity index (χ1v) is 17.0. The van der Waals surface area contributed by atoms with Crippen molar-refractivity contribution in [2.45, 2.75) is 109 Å². The molecule has 0 bridgehead atoms. The number of amides is 3. The molecule has 1 aliphatic rings. The zero-order valence-corrected chi connectivity index (χ0v) is 28.5. The van der Waals surface area contributed by atoms with Gasteiger partial charge in [0.05, 0.1) is 18.1 Å². The Morgan fingerprint density at radius 1 is 0.978 bits per heavy atom. The number of likely N-dealkylation sites (N-methyl/N-ethyl adjacent to an activating group) is 2. The second-order valence-corrected chi connectivity index (χ2v) is 13.5. The molecule has 1 aromatic rings. The van der Waals surface area contributed by atoms with E-state index in [1.165, 1.54) is 11.3 Å². The van der Waals surface area contributed by atoms with Crippen molar-refractivity contribution in [1.29, 1.82) is 0 Å². The van der Waals surface area contributed by atoms with Crippen LogP contribution in [-0.2, 0) is 20.7 Å². The van der Waals surface area contributed by atoms with Crippen LogP contribution in [0.2, 0.25) is 0 Å². The first kappa shape index (κ1) is 38.5. The lowest BCUT2D eigenvalue weighted by atomic mass is 9.82. The minimum atomic E-state index is -1.07. The molecule has 0 spiro atoms. The average molecular weight is 633 g/mol. The Morgan fingerprint density at radius 2 is 1.64 bits per heavy atom. The maximum absolute atomic E-state index is 13.5. The van der Waals surface area contributed by atoms with E-state index in [0.717, 1.165) is 31.2 Å². The average Bonchev–Trinajstić information content (AvgIpc) is 3.01. The van der Waals surface area contributed by atoms with Gasteiger partial charge in [-0.1, -0.05) is 83.2 Å². The quantitative estimate of drug-likeness (QED) is 0.181. The van der Waals surface area contributed by atoms with Gasteiger partial charge in [-0.3, -0.25) is 9.59 Å². The van der Waals surface area contributed by atoms with Gasteiger partial charge in [-0.05, 0) is 63.6 Å². The van der Waals surface area contributed by atoms with E-state index >= 15 is 0 Å². The van der Waals surface area contributed by atoms with Crippen molar-refractivity contribution in [3.63, 3.8) is 0 Å². The number of carbonyl (C=O) groups is 3. The largest absolute Gasteiger partial charge is 0.436 e. The van der Waals surface area contributed by atoms with Crippen molar-refractivity contribution >= 4 is 17.9 Å². The molecule has 1 saturated carbocycles. The van der Waals surface area contributed by atoms with Crippen LogP contribution in [0, 0.1) is 17.8 Å². The van der Waals surface area contributed by atoms with Crippen LogP contribution in [0.3, 0.4) is 0 Å². The number of benzene rings is 1. The lowest BCUT2D eigenvalue weighted by Gasteiger charge is -2.33. The molecule has 256 valence electrons. The van der Waals surface area contributed by atoms with E-state index in [1.807, 2.05) is 70.1 Å². The Labute approximate surface area is 271 Å². The standard InChI is InChI=1S/C35H60N4O6/c1-7-28(33(42)37-29(23-27-16-12-9-13-17-27)32(41)30(40)22-25(2)3)24-36-34(43)31(19-18-26-14-10-8-11-15-26)45-35(44)39(6)21-20-38(4)5/h8,10-11,14-15,25,27-32,40-41H,7,9,12-13,16-24H2,1-6H3,(H,36,43)(H,37,42)/t28-,29+,30+,31+,32-/m1/s1. The summed E-state index contributed by atoms with van der Waals surface area (Å²) in [6.07, 6.45) is 4.37. The summed E-state index contributed by atoms with van der Waals surface area (Å²) in [4.78, 5) is 43.2. The number of carbonyl (C=O) groups excluding carboxylic acids is 3. The molecule has 10 heteroatoms. The first-order chi connectivity index (χ1) is 21.4. The van der Waals surface area contributed by atoms with Crippen LogP contribution in [0.15, 0.2) is 30.3 Å². The fourth-order valence-electron chi connectivity index (χ4n) is 5.86. The highest BCUT2D eigenvalue weighted by molar-refractivity contribution is 5.85. The van der Waals surface area contributed by atoms with Crippen molar-refractivity contribution < 1.29 is 29.3 Å². The zero-order valence-electron chi connectivity index (χ0n) is 28.5. The molecular weight excluding hydrogens is 572 g/mol. The van der Waals surface area contributed by atoms with Gasteiger partial charge in [-0.2, -0.15) is 0 Å². The van der Waals surface area contributed by atoms with E-state index in [1.54, 1.807) is 7.05 Å². The van der Waals surface area contributed by atoms with Gasteiger partial charge >= 0.3 is 6.09 Å². The molecule has 5 atom stereocenters. The molecule has 0 heterocycles. The third-order valence-electron chi connectivity index (χ3n) is 8.81. The fourth-order valence-corrected chi connectivity index (χ4v) is 5.86. The van der Waals surface area contributed by atoms with Gasteiger partial charge in [-0.25, -0.2) is 4.79 Å². The number of nitrogens with one attached hydrogen (secondary N) is 2. The number of hydrogen-bond donors (Lipinski definition) is 4. The molecule has 45 heavy (non-hydrogen) atoms. The Kier molecular flexibility index (Phi) is 17.5. The third-order valence-corrected chi connectivity index (χ3v) is 8.81. The lowest BCUT2D eigenvalue weighted by Crippen LogP contribution is -2.52. The molecule has 1 aliphatic carbocycles. The molecule has 0 radical (unpaired) electrons. The highest BCUT2D eigenvalue weighted by atomic mass is 16.6. The van der Waals surface area contributed by atoms with Crippen LogP contribution < -0.4 is 10.6 Å². The van der Waals surface area contributed by atoms with Crippen molar-refractivity contribution in [3.05, 3.63) is 35.9 Å². The van der Waals surface area contributed by atoms with E-state index in [9.17, 15) is 24.6 Å². The van der Waals surface area contributed by atoms with Gasteiger partial charge in [0.1, 0.15) is 6.10 Å². The maximum Gasteiger partial charge on any atom is 0.410 e. The Balaban J connectivity index is 2.08. The molecular formula is C35H60N4O6. The normalized spacial score (nSPS) is 17.3. The van der Waals surface area contributed by atoms with Crippen LogP contribution in [0.5, 0.6) is 0 Å². The van der Waals surface area contributed by atoms with Crippen LogP contribution in [0.25, 0.3) is 0 Å². The highest BCUT2D eigenvalue weighted by Gasteiger charge is 2.33. The van der Waals surface area contributed by atoms with Crippen molar-refractivity contribution in [3.8, 4) is 0 Å². The summed E-state index contributed by atoms with van der Waals surface area (Å²) in [6, 6.07) is 9.14. The molecule has 4 N–H and O–H groups in total. The summed E-state index contributed by atoms with van der Waals surface area (Å²) in [7, 11) is 5.48. The summed E-state index contributed by atoms with van der Waals surface area (Å²) in [5.41, 5.74) is 1.03. The second-order valence-electron chi connectivity index (χ2n) is 13.5. The lowest BCUT2D eigenvalue weighted by molar-refractivity contribution is -0.131. The first-order valence-electron chi connectivity index (χ1n) is 17.0. The van der Waals surface area contributed by atoms with Gasteiger partial charge < -0.3 is 35.4 Å². The molecule has 10 nitrogen and oxygen atoms in total. The van der Waals surface area contributed by atoms with E-state index in [-0.39, 0.29) is 18.4 Å². The molecule has 0 unspecified atom stereocenters. The van der Waals surface area contributed by atoms with Gasteiger partial charge in [0.25, 0.3) is 5.91 Å². The van der Waals surface area contributed by atoms with Crippen LogP contribution >= 0.6 is 0 Å². The van der Waals surface area contributed by atoms with Gasteiger partial charge in [0.15, 0.2) is 6.10 Å². The van der Waals surface area contributed by atoms with E-state index in [4.69, 9.17) is 4.74 Å². The van der Waals surface area contributed by atoms with Crippen LogP contribution in [0.4, 0.5) is 4.79 Å². The number of aryl methyl sites for hydroxylation is 1. The predicted octanol–water partition coefficient (Wildman–Crippen LogP) is 3.98. The molecule has 0 aliphatic heterocycles. The Hall–Kier alpha value is -2.69. The van der Waals surface area contributed by atoms with Gasteiger partial charge in [-0.15, -0.1) is 0 Å². The summed E-state index contributed by atoms with van der Waals surface area (Å²) < 4.78 is 5.69. The van der Waals surface area contributed by atoms with E-state index in [0.29, 0.717) is 51.1 Å². The molecule has 1 aromatic carbocycles. The molecule has 0 aromatic heterocycles. The molecule has 1 fully saturated rings. The molecule has 0 saturated heterocycles. The summed E-state index contributed by atoms with van der Waals surface area (Å²) in [5, 5.41) is 27.8. The number of aliphatic hydroxyl groups excluding tert-OH is 2. The zero-order chi connectivity index (χ0) is 33.4. The van der Waals surface area contributed by atoms with Crippen molar-refractivity contribution in [2.75, 3.05) is 40.8 Å². The topological polar surface area (TPSA) is 131 Å². The fraction of sp³-hybridized carbons (Fsp3) is 0.743. The highest BCUT2D eigenvalue weighted by Crippen LogP contribution is 2.29. The summed E-state index contributed by atoms with van der Waals surface area (Å²) >= 11 is 0. The van der Waals surface area contributed by atoms with E-state index < -0.39 is 42.3 Å². The number of ether oxygens (including phenoxy) is 1. The molecule has 3 amide bonds. The molecule has 2 rings (SSSR count). The van der Waals surface area contributed by atoms with Crippen molar-refractivity contribution in [1.82, 2.24) is 20.4 Å². The number of hydrogen-bond acceptors (Lipinski definition) is 7. The van der Waals surface area contributed by atoms with E-state index in [2.05, 4.69) is 10.6 Å². The SMILES string of the molecule is CC[C@H](CNC(=O)[C@H](CCc1ccccc1)OC(=O)N(C)CCN(C)C)C(=O)N[C@@H](CC1CCCCC1)[C@@H](O)[C@@H](O)CC(C)C. The Bertz CT molecular complexity index is 1000. The minimum Gasteiger partial charge on any atom is -0.436 e. The monoisotopic (exact) mass is 632 g/mol. The number of rotatable bonds is 19. The summed E-state index contributed by atoms with van der Waals surface area (Å²) in [5.74, 6) is -0.671. The predicted molar refractivity (Wildman–Crippen MR) is 178 cm³/mol. The minimum absolute atomic E-state index is 0.0673. The third kappa shape index (κ3) is 14.5. The van der Waals surface area contributed by atoms with Gasteiger partial charge in [0.2, 0.25) is 5.91 Å². The number of aliphatic hydroxyl groups is 2. The second kappa shape index (κ2) is 20.4. The van der Waals surface area contributed by atoms with Crippen molar-refractivity contribution in [2.24, 2.45) is 17.8 Å². The van der Waals surface area contributed by atoms with Crippen LogP contribution in [0.1, 0.15) is 84.1 Å². The van der Waals surface area contributed by atoms with Gasteiger partial charge in [0, 0.05) is 26.7 Å².